The van der Waals surface area contributed by atoms with Crippen LogP contribution in [-0.4, -0.2) is 35.6 Å². The molecule has 2 aliphatic carbocycles. The van der Waals surface area contributed by atoms with Gasteiger partial charge in [-0.3, -0.25) is 4.79 Å². The number of carboxylic acids is 1. The summed E-state index contributed by atoms with van der Waals surface area (Å²) >= 11 is 0. The lowest BCUT2D eigenvalue weighted by Gasteiger charge is -2.36. The first-order chi connectivity index (χ1) is 8.20. The summed E-state index contributed by atoms with van der Waals surface area (Å²) in [4.78, 5) is 13.9. The fourth-order valence-corrected chi connectivity index (χ4v) is 3.98. The molecule has 0 aromatic rings. The number of aliphatic carboxylic acids is 1. The van der Waals surface area contributed by atoms with Gasteiger partial charge in [0.2, 0.25) is 0 Å². The van der Waals surface area contributed by atoms with E-state index >= 15 is 0 Å². The van der Waals surface area contributed by atoms with E-state index in [-0.39, 0.29) is 23.7 Å². The molecule has 1 N–H and O–H groups in total. The highest BCUT2D eigenvalue weighted by atomic mass is 35.5. The average molecular weight is 274 g/mol. The van der Waals surface area contributed by atoms with E-state index in [2.05, 4.69) is 4.90 Å². The molecule has 3 nitrogen and oxygen atoms in total. The Labute approximate surface area is 115 Å². The lowest BCUT2D eigenvalue weighted by molar-refractivity contribution is -0.145. The summed E-state index contributed by atoms with van der Waals surface area (Å²) < 4.78 is 0. The minimum Gasteiger partial charge on any atom is -0.481 e. The van der Waals surface area contributed by atoms with E-state index in [1.165, 1.54) is 32.1 Å². The smallest absolute Gasteiger partial charge is 0.308 e. The van der Waals surface area contributed by atoms with Crippen LogP contribution in [0.25, 0.3) is 0 Å². The van der Waals surface area contributed by atoms with Crippen LogP contribution in [0.3, 0.4) is 0 Å². The van der Waals surface area contributed by atoms with Gasteiger partial charge in [0.25, 0.3) is 0 Å². The molecule has 1 heterocycles. The molecule has 4 heteroatoms. The quantitative estimate of drug-likeness (QED) is 0.860. The van der Waals surface area contributed by atoms with Crippen LogP contribution in [-0.2, 0) is 4.79 Å². The van der Waals surface area contributed by atoms with Crippen LogP contribution in [0.1, 0.15) is 44.9 Å². The Morgan fingerprint density at radius 2 is 1.89 bits per heavy atom. The Hall–Kier alpha value is -0.280. The number of carboxylic acid groups (broad SMARTS) is 1. The van der Waals surface area contributed by atoms with E-state index < -0.39 is 5.97 Å². The second kappa shape index (κ2) is 5.38. The molecule has 18 heavy (non-hydrogen) atoms. The molecule has 0 aromatic heterocycles. The Morgan fingerprint density at radius 3 is 2.44 bits per heavy atom. The number of hydrogen-bond acceptors (Lipinski definition) is 2. The molecule has 1 atom stereocenters. The summed E-state index contributed by atoms with van der Waals surface area (Å²) in [6, 6.07) is 0. The van der Waals surface area contributed by atoms with Crippen molar-refractivity contribution in [3.63, 3.8) is 0 Å². The summed E-state index contributed by atoms with van der Waals surface area (Å²) in [5, 5.41) is 9.47. The standard InChI is InChI=1S/C14H23NO2.ClH/c16-13(17)12-9-15(8-11-4-5-11)10-14(12)6-2-1-3-7-14;/h11-12H,1-10H2,(H,16,17);1H. The fourth-order valence-electron chi connectivity index (χ4n) is 3.98. The predicted molar refractivity (Wildman–Crippen MR) is 73.1 cm³/mol. The van der Waals surface area contributed by atoms with Crippen molar-refractivity contribution >= 4 is 18.4 Å². The molecular formula is C14H24ClNO2. The topological polar surface area (TPSA) is 40.5 Å². The molecule has 1 aliphatic heterocycles. The van der Waals surface area contributed by atoms with Crippen molar-refractivity contribution in [2.45, 2.75) is 44.9 Å². The normalized spacial score (nSPS) is 31.2. The van der Waals surface area contributed by atoms with E-state index in [0.717, 1.165) is 38.4 Å². The Morgan fingerprint density at radius 1 is 1.22 bits per heavy atom. The van der Waals surface area contributed by atoms with E-state index in [4.69, 9.17) is 0 Å². The first kappa shape index (κ1) is 14.1. The Kier molecular flexibility index (Phi) is 4.22. The van der Waals surface area contributed by atoms with E-state index in [0.29, 0.717) is 0 Å². The first-order valence-electron chi connectivity index (χ1n) is 7.15. The van der Waals surface area contributed by atoms with Crippen molar-refractivity contribution < 1.29 is 9.90 Å². The van der Waals surface area contributed by atoms with Crippen molar-refractivity contribution in [1.29, 1.82) is 0 Å². The third-order valence-corrected chi connectivity index (χ3v) is 5.08. The molecule has 2 saturated carbocycles. The number of nitrogens with zero attached hydrogens (tertiary/aromatic N) is 1. The fraction of sp³-hybridized carbons (Fsp3) is 0.929. The van der Waals surface area contributed by atoms with E-state index in [1.54, 1.807) is 0 Å². The maximum Gasteiger partial charge on any atom is 0.308 e. The first-order valence-corrected chi connectivity index (χ1v) is 7.15. The summed E-state index contributed by atoms with van der Waals surface area (Å²) in [6.07, 6.45) is 8.79. The van der Waals surface area contributed by atoms with Gasteiger partial charge in [0.15, 0.2) is 0 Å². The van der Waals surface area contributed by atoms with Crippen LogP contribution in [0.2, 0.25) is 0 Å². The highest BCUT2D eigenvalue weighted by Crippen LogP contribution is 2.48. The maximum atomic E-state index is 11.5. The minimum absolute atomic E-state index is 0. The minimum atomic E-state index is -0.551. The number of likely N-dealkylation sites (tertiary alicyclic amines) is 1. The highest BCUT2D eigenvalue weighted by molar-refractivity contribution is 5.85. The summed E-state index contributed by atoms with van der Waals surface area (Å²) in [5.41, 5.74) is 0.124. The second-order valence-corrected chi connectivity index (χ2v) is 6.45. The lowest BCUT2D eigenvalue weighted by atomic mass is 9.68. The largest absolute Gasteiger partial charge is 0.481 e. The monoisotopic (exact) mass is 273 g/mol. The molecule has 104 valence electrons. The van der Waals surface area contributed by atoms with E-state index in [9.17, 15) is 9.90 Å². The van der Waals surface area contributed by atoms with Crippen molar-refractivity contribution in [2.24, 2.45) is 17.3 Å². The molecule has 1 saturated heterocycles. The van der Waals surface area contributed by atoms with Gasteiger partial charge < -0.3 is 10.0 Å². The van der Waals surface area contributed by atoms with E-state index in [1.807, 2.05) is 0 Å². The zero-order chi connectivity index (χ0) is 11.9. The zero-order valence-corrected chi connectivity index (χ0v) is 11.8. The van der Waals surface area contributed by atoms with Gasteiger partial charge in [0.05, 0.1) is 5.92 Å². The average Bonchev–Trinajstić information content (AvgIpc) is 3.03. The van der Waals surface area contributed by atoms with Gasteiger partial charge >= 0.3 is 5.97 Å². The number of carbonyl (C=O) groups is 1. The van der Waals surface area contributed by atoms with Gasteiger partial charge in [-0.2, -0.15) is 0 Å². The number of hydrogen-bond donors (Lipinski definition) is 1. The molecule has 3 fully saturated rings. The SMILES string of the molecule is Cl.O=C(O)C1CN(CC2CC2)CC12CCCCC2. The zero-order valence-electron chi connectivity index (χ0n) is 10.9. The van der Waals surface area contributed by atoms with Gasteiger partial charge in [-0.25, -0.2) is 0 Å². The Bertz CT molecular complexity index is 311. The number of halogens is 1. The molecule has 1 unspecified atom stereocenters. The molecule has 3 rings (SSSR count). The Balaban J connectivity index is 0.00000120. The van der Waals surface area contributed by atoms with Crippen molar-refractivity contribution in [1.82, 2.24) is 4.90 Å². The van der Waals surface area contributed by atoms with Crippen LogP contribution in [0.15, 0.2) is 0 Å². The highest BCUT2D eigenvalue weighted by Gasteiger charge is 2.50. The second-order valence-electron chi connectivity index (χ2n) is 6.45. The molecular weight excluding hydrogens is 250 g/mol. The van der Waals surface area contributed by atoms with Crippen LogP contribution in [0.4, 0.5) is 0 Å². The van der Waals surface area contributed by atoms with Crippen LogP contribution >= 0.6 is 12.4 Å². The van der Waals surface area contributed by atoms with Crippen molar-refractivity contribution in [3.05, 3.63) is 0 Å². The predicted octanol–water partition coefficient (Wildman–Crippen LogP) is 2.79. The molecule has 0 amide bonds. The van der Waals surface area contributed by atoms with Crippen LogP contribution < -0.4 is 0 Å². The molecule has 1 spiro atoms. The molecule has 3 aliphatic rings. The third kappa shape index (κ3) is 2.67. The molecule has 0 aromatic carbocycles. The van der Waals surface area contributed by atoms with Gasteiger partial charge in [-0.05, 0) is 37.0 Å². The van der Waals surface area contributed by atoms with Crippen LogP contribution in [0, 0.1) is 17.3 Å². The van der Waals surface area contributed by atoms with Gasteiger partial charge in [-0.1, -0.05) is 19.3 Å². The van der Waals surface area contributed by atoms with Crippen molar-refractivity contribution in [3.8, 4) is 0 Å². The maximum absolute atomic E-state index is 11.5. The molecule has 0 bridgehead atoms. The van der Waals surface area contributed by atoms with Crippen LogP contribution in [0.5, 0.6) is 0 Å². The van der Waals surface area contributed by atoms with Gasteiger partial charge in [0, 0.05) is 19.6 Å². The van der Waals surface area contributed by atoms with Gasteiger partial charge in [0.1, 0.15) is 0 Å². The third-order valence-electron chi connectivity index (χ3n) is 5.08. The number of rotatable bonds is 3. The van der Waals surface area contributed by atoms with Crippen molar-refractivity contribution in [2.75, 3.05) is 19.6 Å². The summed E-state index contributed by atoms with van der Waals surface area (Å²) in [6.45, 7) is 3.03. The molecule has 0 radical (unpaired) electrons. The summed E-state index contributed by atoms with van der Waals surface area (Å²) in [7, 11) is 0. The summed E-state index contributed by atoms with van der Waals surface area (Å²) in [5.74, 6) is 0.231. The lowest BCUT2D eigenvalue weighted by Crippen LogP contribution is -2.36. The van der Waals surface area contributed by atoms with Gasteiger partial charge in [-0.15, -0.1) is 12.4 Å².